The fourth-order valence-corrected chi connectivity index (χ4v) is 5.10. The van der Waals surface area contributed by atoms with E-state index in [0.717, 1.165) is 5.56 Å². The van der Waals surface area contributed by atoms with Crippen molar-refractivity contribution in [2.24, 2.45) is 0 Å². The van der Waals surface area contributed by atoms with Crippen molar-refractivity contribution in [3.05, 3.63) is 99.4 Å². The lowest BCUT2D eigenvalue weighted by molar-refractivity contribution is 0.0921. The molecule has 1 fully saturated rings. The molecule has 1 aliphatic rings. The average molecular weight is 497 g/mol. The average Bonchev–Trinajstić information content (AvgIpc) is 2.94. The highest BCUT2D eigenvalue weighted by molar-refractivity contribution is 5.97. The van der Waals surface area contributed by atoms with Gasteiger partial charge in [0.05, 0.1) is 5.39 Å². The molecule has 0 radical (unpaired) electrons. The van der Waals surface area contributed by atoms with Crippen molar-refractivity contribution >= 4 is 16.8 Å². The van der Waals surface area contributed by atoms with Crippen LogP contribution in [0.1, 0.15) is 72.2 Å². The standard InChI is InChI=1S/C32H32O5/c1-3-22-18-27-30(36-21(2)32(31(27)34)37-26-12-8-5-9-13-26)19-29(22)35-20-28(33)25-16-14-24(15-17-25)23-10-6-4-7-11-23/h5,8-9,12-19,23H,3-4,6-7,10-11,20H2,1-2H3. The summed E-state index contributed by atoms with van der Waals surface area (Å²) in [6.07, 6.45) is 6.99. The number of hydrogen-bond donors (Lipinski definition) is 0. The first kappa shape index (κ1) is 24.8. The number of ketones is 1. The third-order valence-corrected chi connectivity index (χ3v) is 7.21. The molecule has 190 valence electrons. The lowest BCUT2D eigenvalue weighted by Gasteiger charge is -2.22. The number of para-hydroxylation sites is 1. The Kier molecular flexibility index (Phi) is 7.40. The van der Waals surface area contributed by atoms with Crippen LogP contribution in [0.25, 0.3) is 11.0 Å². The van der Waals surface area contributed by atoms with Gasteiger partial charge in [0, 0.05) is 11.6 Å². The molecule has 0 spiro atoms. The van der Waals surface area contributed by atoms with Crippen LogP contribution in [0.3, 0.4) is 0 Å². The first-order valence-electron chi connectivity index (χ1n) is 13.1. The summed E-state index contributed by atoms with van der Waals surface area (Å²) in [4.78, 5) is 26.1. The van der Waals surface area contributed by atoms with E-state index in [4.69, 9.17) is 13.9 Å². The van der Waals surface area contributed by atoms with Gasteiger partial charge in [-0.05, 0) is 61.4 Å². The van der Waals surface area contributed by atoms with Gasteiger partial charge >= 0.3 is 0 Å². The van der Waals surface area contributed by atoms with E-state index in [9.17, 15) is 9.59 Å². The van der Waals surface area contributed by atoms with Crippen LogP contribution in [0.2, 0.25) is 0 Å². The topological polar surface area (TPSA) is 65.7 Å². The van der Waals surface area contributed by atoms with Gasteiger partial charge < -0.3 is 13.9 Å². The minimum Gasteiger partial charge on any atom is -0.485 e. The summed E-state index contributed by atoms with van der Waals surface area (Å²) in [6.45, 7) is 3.60. The van der Waals surface area contributed by atoms with Gasteiger partial charge in [0.2, 0.25) is 11.2 Å². The van der Waals surface area contributed by atoms with E-state index in [1.807, 2.05) is 37.3 Å². The summed E-state index contributed by atoms with van der Waals surface area (Å²) in [5.74, 6) is 2.18. The zero-order chi connectivity index (χ0) is 25.8. The second-order valence-corrected chi connectivity index (χ2v) is 9.71. The van der Waals surface area contributed by atoms with Gasteiger partial charge in [-0.2, -0.15) is 0 Å². The molecule has 0 amide bonds. The van der Waals surface area contributed by atoms with Crippen molar-refractivity contribution in [2.75, 3.05) is 6.61 Å². The van der Waals surface area contributed by atoms with E-state index in [1.165, 1.54) is 37.7 Å². The van der Waals surface area contributed by atoms with Gasteiger partial charge in [-0.1, -0.05) is 68.7 Å². The molecule has 5 rings (SSSR count). The van der Waals surface area contributed by atoms with Gasteiger partial charge in [0.1, 0.15) is 22.8 Å². The number of aryl methyl sites for hydroxylation is 2. The normalized spacial score (nSPS) is 14.0. The van der Waals surface area contributed by atoms with Crippen LogP contribution < -0.4 is 14.9 Å². The Morgan fingerprint density at radius 2 is 1.70 bits per heavy atom. The molecule has 0 unspecified atom stereocenters. The molecule has 5 nitrogen and oxygen atoms in total. The van der Waals surface area contributed by atoms with Gasteiger partial charge in [-0.3, -0.25) is 9.59 Å². The third kappa shape index (κ3) is 5.46. The Hall–Kier alpha value is -3.86. The fraction of sp³-hybridized carbons (Fsp3) is 0.312. The fourth-order valence-electron chi connectivity index (χ4n) is 5.10. The van der Waals surface area contributed by atoms with E-state index in [0.29, 0.717) is 46.1 Å². The van der Waals surface area contributed by atoms with Crippen LogP contribution in [0.15, 0.2) is 75.9 Å². The first-order chi connectivity index (χ1) is 18.0. The zero-order valence-corrected chi connectivity index (χ0v) is 21.4. The number of Topliss-reactive ketones (excluding diaryl/α,β-unsaturated/α-hetero) is 1. The molecule has 3 aromatic carbocycles. The molecule has 1 heterocycles. The lowest BCUT2D eigenvalue weighted by Crippen LogP contribution is -2.13. The largest absolute Gasteiger partial charge is 0.485 e. The van der Waals surface area contributed by atoms with E-state index in [-0.39, 0.29) is 23.6 Å². The van der Waals surface area contributed by atoms with Gasteiger partial charge in [0.15, 0.2) is 12.4 Å². The molecular formula is C32H32O5. The summed E-state index contributed by atoms with van der Waals surface area (Å²) < 4.78 is 17.8. The van der Waals surface area contributed by atoms with Crippen LogP contribution in [-0.4, -0.2) is 12.4 Å². The van der Waals surface area contributed by atoms with Crippen molar-refractivity contribution in [1.82, 2.24) is 0 Å². The Morgan fingerprint density at radius 3 is 2.41 bits per heavy atom. The highest BCUT2D eigenvalue weighted by Crippen LogP contribution is 2.33. The molecule has 1 saturated carbocycles. The lowest BCUT2D eigenvalue weighted by atomic mass is 9.84. The highest BCUT2D eigenvalue weighted by Gasteiger charge is 2.19. The first-order valence-corrected chi connectivity index (χ1v) is 13.1. The van der Waals surface area contributed by atoms with Crippen molar-refractivity contribution < 1.29 is 18.7 Å². The van der Waals surface area contributed by atoms with Gasteiger partial charge in [-0.15, -0.1) is 0 Å². The molecule has 1 aliphatic carbocycles. The number of rotatable bonds is 8. The van der Waals surface area contributed by atoms with Crippen LogP contribution in [0, 0.1) is 6.92 Å². The smallest absolute Gasteiger partial charge is 0.235 e. The second-order valence-electron chi connectivity index (χ2n) is 9.71. The number of benzene rings is 3. The number of carbonyl (C=O) groups excluding carboxylic acids is 1. The summed E-state index contributed by atoms with van der Waals surface area (Å²) in [7, 11) is 0. The van der Waals surface area contributed by atoms with Crippen LogP contribution in [0.5, 0.6) is 17.2 Å². The number of ether oxygens (including phenoxy) is 2. The molecule has 0 saturated heterocycles. The van der Waals surface area contributed by atoms with Crippen molar-refractivity contribution in [3.8, 4) is 17.2 Å². The summed E-state index contributed by atoms with van der Waals surface area (Å²) in [5.41, 5.74) is 2.96. The molecule has 1 aromatic heterocycles. The quantitative estimate of drug-likeness (QED) is 0.233. The predicted octanol–water partition coefficient (Wildman–Crippen LogP) is 7.77. The molecular weight excluding hydrogens is 464 g/mol. The van der Waals surface area contributed by atoms with Gasteiger partial charge in [-0.25, -0.2) is 0 Å². The van der Waals surface area contributed by atoms with E-state index in [1.54, 1.807) is 31.2 Å². The summed E-state index contributed by atoms with van der Waals surface area (Å²) in [5, 5.41) is 0.422. The summed E-state index contributed by atoms with van der Waals surface area (Å²) in [6, 6.07) is 20.6. The van der Waals surface area contributed by atoms with E-state index in [2.05, 4.69) is 12.1 Å². The monoisotopic (exact) mass is 496 g/mol. The number of fused-ring (bicyclic) bond motifs is 1. The van der Waals surface area contributed by atoms with Crippen LogP contribution >= 0.6 is 0 Å². The van der Waals surface area contributed by atoms with E-state index >= 15 is 0 Å². The zero-order valence-electron chi connectivity index (χ0n) is 21.4. The Morgan fingerprint density at radius 1 is 0.973 bits per heavy atom. The maximum Gasteiger partial charge on any atom is 0.235 e. The minimum absolute atomic E-state index is 0.0819. The van der Waals surface area contributed by atoms with Crippen molar-refractivity contribution in [3.63, 3.8) is 0 Å². The molecule has 0 aliphatic heterocycles. The maximum atomic E-state index is 13.2. The van der Waals surface area contributed by atoms with E-state index < -0.39 is 0 Å². The Labute approximate surface area is 217 Å². The highest BCUT2D eigenvalue weighted by atomic mass is 16.5. The number of hydrogen-bond acceptors (Lipinski definition) is 5. The minimum atomic E-state index is -0.238. The molecule has 0 atom stereocenters. The van der Waals surface area contributed by atoms with Crippen LogP contribution in [-0.2, 0) is 6.42 Å². The Bertz CT molecular complexity index is 1450. The molecule has 0 bridgehead atoms. The Balaban J connectivity index is 1.34. The second kappa shape index (κ2) is 11.0. The van der Waals surface area contributed by atoms with Crippen molar-refractivity contribution in [1.29, 1.82) is 0 Å². The molecule has 0 N–H and O–H groups in total. The molecule has 37 heavy (non-hydrogen) atoms. The number of carbonyl (C=O) groups is 1. The SMILES string of the molecule is CCc1cc2c(=O)c(Oc3ccccc3)c(C)oc2cc1OCC(=O)c1ccc(C2CCCCC2)cc1. The van der Waals surface area contributed by atoms with Crippen molar-refractivity contribution in [2.45, 2.75) is 58.3 Å². The van der Waals surface area contributed by atoms with Gasteiger partial charge in [0.25, 0.3) is 0 Å². The molecule has 4 aromatic rings. The molecule has 5 heteroatoms. The van der Waals surface area contributed by atoms with Crippen LogP contribution in [0.4, 0.5) is 0 Å². The predicted molar refractivity (Wildman–Crippen MR) is 145 cm³/mol. The third-order valence-electron chi connectivity index (χ3n) is 7.21. The maximum absolute atomic E-state index is 13.2. The summed E-state index contributed by atoms with van der Waals surface area (Å²) >= 11 is 0.